The second-order valence-electron chi connectivity index (χ2n) is 9.20. The Balaban J connectivity index is 1.41. The summed E-state index contributed by atoms with van der Waals surface area (Å²) >= 11 is 0. The molecule has 0 spiro atoms. The molecule has 0 saturated carbocycles. The molecule has 3 heterocycles. The number of carbonyl (C=O) groups is 2. The summed E-state index contributed by atoms with van der Waals surface area (Å²) in [5.41, 5.74) is -0.588. The number of hydrogen-bond acceptors (Lipinski definition) is 8. The van der Waals surface area contributed by atoms with Crippen LogP contribution in [0.15, 0.2) is 4.42 Å². The summed E-state index contributed by atoms with van der Waals surface area (Å²) in [6.45, 7) is 11.8. The minimum Gasteiger partial charge on any atom is -0.444 e. The molecule has 2 saturated heterocycles. The second kappa shape index (κ2) is 9.74. The molecule has 10 nitrogen and oxygen atoms in total. The van der Waals surface area contributed by atoms with Crippen molar-refractivity contribution in [3.8, 4) is 0 Å². The molecule has 0 atom stereocenters. The van der Waals surface area contributed by atoms with Crippen molar-refractivity contribution >= 4 is 12.0 Å². The minimum absolute atomic E-state index is 0.0134. The van der Waals surface area contributed by atoms with Crippen LogP contribution in [0.5, 0.6) is 0 Å². The fourth-order valence-corrected chi connectivity index (χ4v) is 3.75. The number of piperidine rings is 1. The minimum atomic E-state index is -0.588. The molecule has 1 aromatic heterocycles. The van der Waals surface area contributed by atoms with Gasteiger partial charge in [-0.3, -0.25) is 9.69 Å². The van der Waals surface area contributed by atoms with Gasteiger partial charge in [-0.25, -0.2) is 4.79 Å². The lowest BCUT2D eigenvalue weighted by Crippen LogP contribution is -2.50. The summed E-state index contributed by atoms with van der Waals surface area (Å²) in [5.74, 6) is 0.620. The van der Waals surface area contributed by atoms with E-state index in [-0.39, 0.29) is 24.2 Å². The Bertz CT molecular complexity index is 715. The average Bonchev–Trinajstić information content (AvgIpc) is 3.16. The van der Waals surface area contributed by atoms with Crippen LogP contribution in [-0.2, 0) is 11.3 Å². The highest BCUT2D eigenvalue weighted by Crippen LogP contribution is 2.18. The molecule has 0 radical (unpaired) electrons. The molecule has 2 amide bonds. The van der Waals surface area contributed by atoms with E-state index in [0.29, 0.717) is 13.1 Å². The van der Waals surface area contributed by atoms with Crippen LogP contribution in [0, 0.1) is 5.92 Å². The van der Waals surface area contributed by atoms with E-state index < -0.39 is 11.7 Å². The number of likely N-dealkylation sites (tertiary alicyclic amines) is 1. The van der Waals surface area contributed by atoms with E-state index in [1.54, 1.807) is 25.7 Å². The summed E-state index contributed by atoms with van der Waals surface area (Å²) in [6.07, 6.45) is 1.92. The molecule has 2 fully saturated rings. The Hall–Kier alpha value is -2.20. The smallest absolute Gasteiger partial charge is 0.408 e. The maximum atomic E-state index is 12.7. The van der Waals surface area contributed by atoms with Crippen molar-refractivity contribution in [2.24, 2.45) is 5.92 Å². The zero-order valence-corrected chi connectivity index (χ0v) is 18.5. The maximum Gasteiger partial charge on any atom is 0.408 e. The summed E-state index contributed by atoms with van der Waals surface area (Å²) in [6, 6.07) is 0. The number of rotatable bonds is 5. The third-order valence-corrected chi connectivity index (χ3v) is 5.45. The molecular formula is C20H34N6O4. The Labute approximate surface area is 177 Å². The second-order valence-corrected chi connectivity index (χ2v) is 9.20. The lowest BCUT2D eigenvalue weighted by molar-refractivity contribution is 0.0518. The average molecular weight is 423 g/mol. The first-order chi connectivity index (χ1) is 14.2. The lowest BCUT2D eigenvalue weighted by Gasteiger charge is -2.37. The van der Waals surface area contributed by atoms with Crippen molar-refractivity contribution in [2.75, 3.05) is 52.9 Å². The van der Waals surface area contributed by atoms with E-state index >= 15 is 0 Å². The first-order valence-electron chi connectivity index (χ1n) is 10.7. The van der Waals surface area contributed by atoms with Crippen molar-refractivity contribution in [3.63, 3.8) is 0 Å². The SMILES string of the molecule is CN1CCC(CN2CCN(C(=O)c3nnc(CNC(=O)OC(C)(C)C)o3)CC2)CC1. The molecule has 0 bridgehead atoms. The standard InChI is InChI=1S/C20H34N6O4/c1-20(2,3)30-19(28)21-13-16-22-23-17(29-16)18(27)26-11-9-25(10-12-26)14-15-5-7-24(4)8-6-15/h15H,5-14H2,1-4H3,(H,21,28). The summed E-state index contributed by atoms with van der Waals surface area (Å²) < 4.78 is 10.6. The van der Waals surface area contributed by atoms with Gasteiger partial charge in [-0.15, -0.1) is 10.2 Å². The van der Waals surface area contributed by atoms with E-state index in [9.17, 15) is 9.59 Å². The number of alkyl carbamates (subject to hydrolysis) is 1. The Kier molecular flexibility index (Phi) is 7.30. The van der Waals surface area contributed by atoms with Gasteiger partial charge < -0.3 is 24.3 Å². The van der Waals surface area contributed by atoms with Gasteiger partial charge >= 0.3 is 17.9 Å². The highest BCUT2D eigenvalue weighted by atomic mass is 16.6. The van der Waals surface area contributed by atoms with Crippen LogP contribution < -0.4 is 5.32 Å². The van der Waals surface area contributed by atoms with Gasteiger partial charge in [0.15, 0.2) is 0 Å². The Morgan fingerprint density at radius 1 is 1.10 bits per heavy atom. The largest absolute Gasteiger partial charge is 0.444 e. The first-order valence-corrected chi connectivity index (χ1v) is 10.7. The topological polar surface area (TPSA) is 104 Å². The molecule has 0 unspecified atom stereocenters. The monoisotopic (exact) mass is 422 g/mol. The molecule has 10 heteroatoms. The molecule has 0 aliphatic carbocycles. The predicted molar refractivity (Wildman–Crippen MR) is 110 cm³/mol. The van der Waals surface area contributed by atoms with E-state index in [2.05, 4.69) is 32.4 Å². The molecule has 30 heavy (non-hydrogen) atoms. The summed E-state index contributed by atoms with van der Waals surface area (Å²) in [4.78, 5) is 31.0. The first kappa shape index (κ1) is 22.5. The van der Waals surface area contributed by atoms with Gasteiger partial charge in [0.1, 0.15) is 5.60 Å². The maximum absolute atomic E-state index is 12.7. The number of aromatic nitrogens is 2. The fourth-order valence-electron chi connectivity index (χ4n) is 3.75. The number of ether oxygens (including phenoxy) is 1. The van der Waals surface area contributed by atoms with Crippen molar-refractivity contribution in [3.05, 3.63) is 11.8 Å². The molecule has 168 valence electrons. The molecule has 0 aromatic carbocycles. The van der Waals surface area contributed by atoms with Gasteiger partial charge in [-0.2, -0.15) is 0 Å². The van der Waals surface area contributed by atoms with E-state index in [4.69, 9.17) is 9.15 Å². The van der Waals surface area contributed by atoms with Crippen LogP contribution in [-0.4, -0.2) is 95.4 Å². The number of nitrogens with zero attached hydrogens (tertiary/aromatic N) is 5. The van der Waals surface area contributed by atoms with Gasteiger partial charge in [-0.05, 0) is 59.7 Å². The number of amides is 2. The third-order valence-electron chi connectivity index (χ3n) is 5.45. The van der Waals surface area contributed by atoms with Gasteiger partial charge in [0.2, 0.25) is 5.89 Å². The number of piperazine rings is 1. The summed E-state index contributed by atoms with van der Waals surface area (Å²) in [5, 5.41) is 10.2. The van der Waals surface area contributed by atoms with Gasteiger partial charge in [0, 0.05) is 32.7 Å². The van der Waals surface area contributed by atoms with Crippen LogP contribution >= 0.6 is 0 Å². The van der Waals surface area contributed by atoms with Gasteiger partial charge in [0.25, 0.3) is 0 Å². The normalized spacial score (nSPS) is 19.7. The van der Waals surface area contributed by atoms with Crippen molar-refractivity contribution in [1.82, 2.24) is 30.2 Å². The fraction of sp³-hybridized carbons (Fsp3) is 0.800. The lowest BCUT2D eigenvalue weighted by atomic mass is 9.96. The molecule has 3 rings (SSSR count). The van der Waals surface area contributed by atoms with Crippen LogP contribution in [0.1, 0.15) is 50.2 Å². The molecule has 2 aliphatic rings. The highest BCUT2D eigenvalue weighted by Gasteiger charge is 2.28. The molecule has 1 aromatic rings. The third kappa shape index (κ3) is 6.66. The highest BCUT2D eigenvalue weighted by molar-refractivity contribution is 5.89. The van der Waals surface area contributed by atoms with E-state index in [0.717, 1.165) is 25.6 Å². The van der Waals surface area contributed by atoms with Gasteiger partial charge in [0.05, 0.1) is 6.54 Å². The number of hydrogen-bond donors (Lipinski definition) is 1. The molecular weight excluding hydrogens is 388 g/mol. The van der Waals surface area contributed by atoms with Crippen molar-refractivity contribution < 1.29 is 18.7 Å². The number of carbonyl (C=O) groups excluding carboxylic acids is 2. The van der Waals surface area contributed by atoms with Crippen LogP contribution in [0.4, 0.5) is 4.79 Å². The Morgan fingerprint density at radius 3 is 2.40 bits per heavy atom. The van der Waals surface area contributed by atoms with Crippen molar-refractivity contribution in [2.45, 2.75) is 45.8 Å². The van der Waals surface area contributed by atoms with Crippen molar-refractivity contribution in [1.29, 1.82) is 0 Å². The zero-order valence-electron chi connectivity index (χ0n) is 18.5. The van der Waals surface area contributed by atoms with Gasteiger partial charge in [-0.1, -0.05) is 0 Å². The zero-order chi connectivity index (χ0) is 21.7. The van der Waals surface area contributed by atoms with E-state index in [1.165, 1.54) is 25.9 Å². The number of nitrogens with one attached hydrogen (secondary N) is 1. The summed E-state index contributed by atoms with van der Waals surface area (Å²) in [7, 11) is 2.18. The molecule has 1 N–H and O–H groups in total. The quantitative estimate of drug-likeness (QED) is 0.755. The Morgan fingerprint density at radius 2 is 1.77 bits per heavy atom. The van der Waals surface area contributed by atoms with E-state index in [1.807, 2.05) is 0 Å². The van der Waals surface area contributed by atoms with Crippen LogP contribution in [0.2, 0.25) is 0 Å². The molecule has 2 aliphatic heterocycles. The van der Waals surface area contributed by atoms with Crippen LogP contribution in [0.3, 0.4) is 0 Å². The predicted octanol–water partition coefficient (Wildman–Crippen LogP) is 1.19. The van der Waals surface area contributed by atoms with Crippen LogP contribution in [0.25, 0.3) is 0 Å².